The Labute approximate surface area is 221 Å². The maximum Gasteiger partial charge on any atom is 0.303 e. The number of carbonyl (C=O) groups is 4. The minimum atomic E-state index is -1.31. The van der Waals surface area contributed by atoms with Crippen LogP contribution in [0.25, 0.3) is 0 Å². The minimum Gasteiger partial charge on any atom is -0.457 e. The Morgan fingerprint density at radius 2 is 0.737 bits per heavy atom. The number of benzene rings is 2. The second kappa shape index (κ2) is 13.7. The molecule has 38 heavy (non-hydrogen) atoms. The molecule has 3 rings (SSSR count). The molecule has 0 aliphatic heterocycles. The molecular weight excluding hydrogens is 496 g/mol. The molecule has 2 unspecified atom stereocenters. The molecule has 0 aromatic heterocycles. The van der Waals surface area contributed by atoms with Gasteiger partial charge in [-0.2, -0.15) is 0 Å². The third kappa shape index (κ3) is 8.12. The lowest BCUT2D eigenvalue weighted by atomic mass is 9.83. The van der Waals surface area contributed by atoms with Crippen LogP contribution >= 0.6 is 0 Å². The van der Waals surface area contributed by atoms with Crippen LogP contribution in [0.4, 0.5) is 0 Å². The van der Waals surface area contributed by atoms with Crippen molar-refractivity contribution in [1.29, 1.82) is 0 Å². The summed E-state index contributed by atoms with van der Waals surface area (Å²) >= 11 is 0. The number of ether oxygens (including phenoxy) is 6. The van der Waals surface area contributed by atoms with Crippen molar-refractivity contribution in [1.82, 2.24) is 0 Å². The summed E-state index contributed by atoms with van der Waals surface area (Å²) in [6.45, 7) is 4.85. The van der Waals surface area contributed by atoms with Crippen LogP contribution < -0.4 is 0 Å². The molecule has 0 spiro atoms. The number of esters is 4. The van der Waals surface area contributed by atoms with E-state index in [0.717, 1.165) is 11.1 Å². The second-order valence-corrected chi connectivity index (χ2v) is 8.82. The van der Waals surface area contributed by atoms with E-state index in [1.54, 1.807) is 0 Å². The van der Waals surface area contributed by atoms with E-state index in [0.29, 0.717) is 0 Å². The quantitative estimate of drug-likeness (QED) is 0.336. The highest BCUT2D eigenvalue weighted by Crippen LogP contribution is 2.35. The summed E-state index contributed by atoms with van der Waals surface area (Å²) in [6, 6.07) is 18.3. The molecule has 10 nitrogen and oxygen atoms in total. The fourth-order valence-corrected chi connectivity index (χ4v) is 4.34. The Morgan fingerprint density at radius 3 is 1.03 bits per heavy atom. The zero-order valence-electron chi connectivity index (χ0n) is 21.7. The average Bonchev–Trinajstić information content (AvgIpc) is 2.85. The molecule has 0 saturated heterocycles. The van der Waals surface area contributed by atoms with E-state index in [4.69, 9.17) is 28.4 Å². The van der Waals surface area contributed by atoms with Gasteiger partial charge in [-0.25, -0.2) is 0 Å². The summed E-state index contributed by atoms with van der Waals surface area (Å²) in [5.74, 6) is -2.77. The van der Waals surface area contributed by atoms with Gasteiger partial charge in [0.25, 0.3) is 0 Å². The molecule has 0 bridgehead atoms. The standard InChI is InChI=1S/C28H32O10/c1-17(29)35-25-23(33-15-21-11-7-5-8-12-21)26(36-18(2)30)28(38-20(4)32)27(37-19(3)31)24(25)34-16-22-13-9-6-10-14-22/h5-14,23-28H,15-16H2,1-4H3/t23-,24+,25?,26-,27-,28?/m0/s1. The van der Waals surface area contributed by atoms with Crippen molar-refractivity contribution in [2.75, 3.05) is 0 Å². The van der Waals surface area contributed by atoms with Crippen molar-refractivity contribution in [3.8, 4) is 0 Å². The van der Waals surface area contributed by atoms with E-state index in [1.165, 1.54) is 27.7 Å². The van der Waals surface area contributed by atoms with Gasteiger partial charge in [0, 0.05) is 27.7 Å². The lowest BCUT2D eigenvalue weighted by molar-refractivity contribution is -0.268. The molecule has 2 aromatic carbocycles. The fourth-order valence-electron chi connectivity index (χ4n) is 4.34. The van der Waals surface area contributed by atoms with Gasteiger partial charge in [0.1, 0.15) is 12.2 Å². The molecule has 1 aliphatic carbocycles. The third-order valence-corrected chi connectivity index (χ3v) is 5.72. The van der Waals surface area contributed by atoms with Crippen LogP contribution in [0.15, 0.2) is 60.7 Å². The van der Waals surface area contributed by atoms with Gasteiger partial charge in [0.2, 0.25) is 0 Å². The minimum absolute atomic E-state index is 0.0530. The van der Waals surface area contributed by atoms with E-state index >= 15 is 0 Å². The zero-order valence-corrected chi connectivity index (χ0v) is 21.7. The molecule has 1 aliphatic rings. The van der Waals surface area contributed by atoms with Gasteiger partial charge in [-0.3, -0.25) is 19.2 Å². The number of hydrogen-bond donors (Lipinski definition) is 0. The Bertz CT molecular complexity index is 1020. The molecule has 6 atom stereocenters. The van der Waals surface area contributed by atoms with Crippen LogP contribution in [0.5, 0.6) is 0 Å². The van der Waals surface area contributed by atoms with Crippen LogP contribution in [0.1, 0.15) is 38.8 Å². The highest BCUT2D eigenvalue weighted by molar-refractivity contribution is 5.69. The highest BCUT2D eigenvalue weighted by Gasteiger charge is 2.58. The maximum atomic E-state index is 12.2. The summed E-state index contributed by atoms with van der Waals surface area (Å²) in [4.78, 5) is 48.7. The monoisotopic (exact) mass is 528 g/mol. The van der Waals surface area contributed by atoms with Gasteiger partial charge >= 0.3 is 23.9 Å². The predicted octanol–water partition coefficient (Wildman–Crippen LogP) is 2.90. The second-order valence-electron chi connectivity index (χ2n) is 8.82. The lowest BCUT2D eigenvalue weighted by Crippen LogP contribution is -2.68. The molecule has 2 aromatic rings. The van der Waals surface area contributed by atoms with Gasteiger partial charge in [-0.15, -0.1) is 0 Å². The van der Waals surface area contributed by atoms with Crippen molar-refractivity contribution in [2.24, 2.45) is 0 Å². The van der Waals surface area contributed by atoms with Gasteiger partial charge < -0.3 is 28.4 Å². The zero-order chi connectivity index (χ0) is 27.7. The van der Waals surface area contributed by atoms with Crippen molar-refractivity contribution in [3.63, 3.8) is 0 Å². The fraction of sp³-hybridized carbons (Fsp3) is 0.429. The van der Waals surface area contributed by atoms with E-state index in [-0.39, 0.29) is 13.2 Å². The summed E-state index contributed by atoms with van der Waals surface area (Å²) in [7, 11) is 0. The number of carbonyl (C=O) groups excluding carboxylic acids is 4. The van der Waals surface area contributed by atoms with Gasteiger partial charge in [0.05, 0.1) is 13.2 Å². The average molecular weight is 529 g/mol. The molecular formula is C28H32O10. The number of rotatable bonds is 10. The van der Waals surface area contributed by atoms with Crippen LogP contribution in [0, 0.1) is 0 Å². The van der Waals surface area contributed by atoms with Crippen LogP contribution in [-0.2, 0) is 60.8 Å². The molecule has 204 valence electrons. The van der Waals surface area contributed by atoms with Gasteiger partial charge in [-0.05, 0) is 11.1 Å². The molecule has 0 N–H and O–H groups in total. The Balaban J connectivity index is 2.07. The normalized spacial score (nSPS) is 24.6. The maximum absolute atomic E-state index is 12.2. The molecule has 1 saturated carbocycles. The predicted molar refractivity (Wildman–Crippen MR) is 132 cm³/mol. The molecule has 0 amide bonds. The first-order valence-corrected chi connectivity index (χ1v) is 12.2. The van der Waals surface area contributed by atoms with E-state index in [9.17, 15) is 19.2 Å². The van der Waals surface area contributed by atoms with Crippen molar-refractivity contribution >= 4 is 23.9 Å². The first-order valence-electron chi connectivity index (χ1n) is 12.2. The van der Waals surface area contributed by atoms with Crippen molar-refractivity contribution in [2.45, 2.75) is 77.5 Å². The Hall–Kier alpha value is -3.76. The van der Waals surface area contributed by atoms with Crippen LogP contribution in [0.2, 0.25) is 0 Å². The Morgan fingerprint density at radius 1 is 0.474 bits per heavy atom. The molecule has 10 heteroatoms. The molecule has 1 fully saturated rings. The smallest absolute Gasteiger partial charge is 0.303 e. The molecule has 0 radical (unpaired) electrons. The topological polar surface area (TPSA) is 124 Å². The summed E-state index contributed by atoms with van der Waals surface area (Å²) in [5, 5.41) is 0. The third-order valence-electron chi connectivity index (χ3n) is 5.72. The first-order chi connectivity index (χ1) is 18.2. The van der Waals surface area contributed by atoms with Crippen LogP contribution in [-0.4, -0.2) is 60.5 Å². The Kier molecular flexibility index (Phi) is 10.4. The van der Waals surface area contributed by atoms with E-state index in [2.05, 4.69) is 0 Å². The molecule has 0 heterocycles. The lowest BCUT2D eigenvalue weighted by Gasteiger charge is -2.47. The highest BCUT2D eigenvalue weighted by atomic mass is 16.7. The number of hydrogen-bond acceptors (Lipinski definition) is 10. The summed E-state index contributed by atoms with van der Waals surface area (Å²) in [5.41, 5.74) is 1.59. The van der Waals surface area contributed by atoms with Crippen molar-refractivity contribution < 1.29 is 47.6 Å². The SMILES string of the molecule is CC(=O)OC1[C@@H](OC(C)=O)[C@H](OCc2ccccc2)C(OC(C)=O)[C@H](OCc2ccccc2)[C@@H]1OC(C)=O. The summed E-state index contributed by atoms with van der Waals surface area (Å²) < 4.78 is 34.7. The first kappa shape index (κ1) is 28.8. The summed E-state index contributed by atoms with van der Waals surface area (Å²) in [6.07, 6.45) is -7.36. The van der Waals surface area contributed by atoms with E-state index in [1.807, 2.05) is 60.7 Å². The van der Waals surface area contributed by atoms with Gasteiger partial charge in [0.15, 0.2) is 24.4 Å². The van der Waals surface area contributed by atoms with Crippen molar-refractivity contribution in [3.05, 3.63) is 71.8 Å². The van der Waals surface area contributed by atoms with Crippen LogP contribution in [0.3, 0.4) is 0 Å². The largest absolute Gasteiger partial charge is 0.457 e. The van der Waals surface area contributed by atoms with E-state index < -0.39 is 60.5 Å². The van der Waals surface area contributed by atoms with Gasteiger partial charge in [-0.1, -0.05) is 60.7 Å².